The van der Waals surface area contributed by atoms with Crippen LogP contribution in [0.4, 0.5) is 0 Å². The second kappa shape index (κ2) is 6.08. The van der Waals surface area contributed by atoms with Crippen molar-refractivity contribution in [2.45, 2.75) is 38.6 Å². The summed E-state index contributed by atoms with van der Waals surface area (Å²) in [5.41, 5.74) is -0.106. The van der Waals surface area contributed by atoms with Gasteiger partial charge in [-0.2, -0.15) is 0 Å². The minimum Gasteiger partial charge on any atom is -0.381 e. The number of ether oxygens (including phenoxy) is 2. The van der Waals surface area contributed by atoms with Crippen LogP contribution in [-0.2, 0) is 14.3 Å². The van der Waals surface area contributed by atoms with Crippen LogP contribution >= 0.6 is 0 Å². The van der Waals surface area contributed by atoms with Gasteiger partial charge in [0.05, 0.1) is 0 Å². The smallest absolute Gasteiger partial charge is 0.246 e. The van der Waals surface area contributed by atoms with Crippen LogP contribution < -0.4 is 5.32 Å². The van der Waals surface area contributed by atoms with E-state index in [1.165, 1.54) is 0 Å². The van der Waals surface area contributed by atoms with Crippen molar-refractivity contribution in [2.75, 3.05) is 26.4 Å². The Balaban J connectivity index is 2.23. The lowest BCUT2D eigenvalue weighted by Crippen LogP contribution is -2.50. The van der Waals surface area contributed by atoms with E-state index in [0.29, 0.717) is 6.61 Å². The first-order valence-corrected chi connectivity index (χ1v) is 5.63. The fourth-order valence-electron chi connectivity index (χ4n) is 1.63. The highest BCUT2D eigenvalue weighted by Gasteiger charge is 2.28. The average molecular weight is 215 g/mol. The van der Waals surface area contributed by atoms with E-state index in [1.807, 2.05) is 6.92 Å². The first-order valence-electron chi connectivity index (χ1n) is 5.63. The number of carbonyl (C=O) groups is 1. The Morgan fingerprint density at radius 2 is 2.13 bits per heavy atom. The molecule has 0 aliphatic carbocycles. The van der Waals surface area contributed by atoms with E-state index in [0.717, 1.165) is 32.5 Å². The summed E-state index contributed by atoms with van der Waals surface area (Å²) < 4.78 is 10.5. The topological polar surface area (TPSA) is 47.6 Å². The molecule has 1 saturated heterocycles. The maximum absolute atomic E-state index is 11.5. The summed E-state index contributed by atoms with van der Waals surface area (Å²) in [6.45, 7) is 6.36. The molecular formula is C11H21NO3. The SMILES string of the molecule is CCCOCC(=O)NC1(C)CCOCC1. The minimum absolute atomic E-state index is 0.0205. The number of hydrogen-bond acceptors (Lipinski definition) is 3. The van der Waals surface area contributed by atoms with Crippen molar-refractivity contribution in [1.82, 2.24) is 5.32 Å². The molecule has 0 spiro atoms. The molecule has 1 aliphatic rings. The number of amides is 1. The van der Waals surface area contributed by atoms with Gasteiger partial charge in [-0.25, -0.2) is 0 Å². The Kier molecular flexibility index (Phi) is 5.05. The van der Waals surface area contributed by atoms with E-state index in [1.54, 1.807) is 0 Å². The molecule has 1 amide bonds. The Morgan fingerprint density at radius 3 is 2.73 bits per heavy atom. The van der Waals surface area contributed by atoms with Crippen molar-refractivity contribution in [1.29, 1.82) is 0 Å². The molecule has 15 heavy (non-hydrogen) atoms. The lowest BCUT2D eigenvalue weighted by atomic mass is 9.92. The van der Waals surface area contributed by atoms with E-state index in [9.17, 15) is 4.79 Å². The molecule has 4 heteroatoms. The monoisotopic (exact) mass is 215 g/mol. The first-order chi connectivity index (χ1) is 7.16. The molecule has 0 radical (unpaired) electrons. The van der Waals surface area contributed by atoms with E-state index >= 15 is 0 Å². The number of hydrogen-bond donors (Lipinski definition) is 1. The standard InChI is InChI=1S/C11H21NO3/c1-3-6-15-9-10(13)12-11(2)4-7-14-8-5-11/h3-9H2,1-2H3,(H,12,13). The van der Waals surface area contributed by atoms with Crippen LogP contribution in [0.3, 0.4) is 0 Å². The summed E-state index contributed by atoms with van der Waals surface area (Å²) in [5.74, 6) is -0.0205. The Hall–Kier alpha value is -0.610. The summed E-state index contributed by atoms with van der Waals surface area (Å²) in [6, 6.07) is 0. The molecule has 0 saturated carbocycles. The van der Waals surface area contributed by atoms with Gasteiger partial charge in [0, 0.05) is 25.4 Å². The molecular weight excluding hydrogens is 194 g/mol. The molecule has 0 unspecified atom stereocenters. The van der Waals surface area contributed by atoms with Crippen LogP contribution in [0.15, 0.2) is 0 Å². The third-order valence-corrected chi connectivity index (χ3v) is 2.62. The van der Waals surface area contributed by atoms with Gasteiger partial charge < -0.3 is 14.8 Å². The molecule has 0 atom stereocenters. The zero-order chi connectivity index (χ0) is 11.1. The van der Waals surface area contributed by atoms with Gasteiger partial charge in [0.15, 0.2) is 0 Å². The Labute approximate surface area is 91.3 Å². The van der Waals surface area contributed by atoms with Gasteiger partial charge in [0.1, 0.15) is 6.61 Å². The third kappa shape index (κ3) is 4.62. The van der Waals surface area contributed by atoms with Gasteiger partial charge in [-0.15, -0.1) is 0 Å². The second-order valence-corrected chi connectivity index (χ2v) is 4.27. The van der Waals surface area contributed by atoms with E-state index in [2.05, 4.69) is 12.2 Å². The first kappa shape index (κ1) is 12.5. The lowest BCUT2D eigenvalue weighted by Gasteiger charge is -2.34. The van der Waals surface area contributed by atoms with E-state index in [4.69, 9.17) is 9.47 Å². The molecule has 0 aromatic carbocycles. The number of nitrogens with one attached hydrogen (secondary N) is 1. The zero-order valence-electron chi connectivity index (χ0n) is 9.67. The highest BCUT2D eigenvalue weighted by Crippen LogP contribution is 2.19. The second-order valence-electron chi connectivity index (χ2n) is 4.27. The van der Waals surface area contributed by atoms with E-state index < -0.39 is 0 Å². The van der Waals surface area contributed by atoms with Crippen LogP contribution in [0.5, 0.6) is 0 Å². The van der Waals surface area contributed by atoms with Crippen molar-refractivity contribution >= 4 is 5.91 Å². The van der Waals surface area contributed by atoms with Crippen molar-refractivity contribution in [2.24, 2.45) is 0 Å². The molecule has 1 fully saturated rings. The van der Waals surface area contributed by atoms with Crippen molar-refractivity contribution in [3.8, 4) is 0 Å². The summed E-state index contributed by atoms with van der Waals surface area (Å²) >= 11 is 0. The summed E-state index contributed by atoms with van der Waals surface area (Å²) in [5, 5.41) is 3.01. The maximum Gasteiger partial charge on any atom is 0.246 e. The number of rotatable bonds is 5. The molecule has 1 heterocycles. The van der Waals surface area contributed by atoms with Crippen LogP contribution in [-0.4, -0.2) is 37.9 Å². The van der Waals surface area contributed by atoms with Crippen LogP contribution in [0.25, 0.3) is 0 Å². The Bertz CT molecular complexity index is 200. The summed E-state index contributed by atoms with van der Waals surface area (Å²) in [6.07, 6.45) is 2.71. The number of carbonyl (C=O) groups excluding carboxylic acids is 1. The lowest BCUT2D eigenvalue weighted by molar-refractivity contribution is -0.128. The molecule has 0 aromatic heterocycles. The zero-order valence-corrected chi connectivity index (χ0v) is 9.67. The van der Waals surface area contributed by atoms with Crippen LogP contribution in [0.1, 0.15) is 33.1 Å². The normalized spacial score (nSPS) is 19.9. The van der Waals surface area contributed by atoms with Crippen molar-refractivity contribution in [3.63, 3.8) is 0 Å². The Morgan fingerprint density at radius 1 is 1.47 bits per heavy atom. The van der Waals surface area contributed by atoms with Gasteiger partial charge in [-0.1, -0.05) is 6.92 Å². The van der Waals surface area contributed by atoms with Gasteiger partial charge in [0.2, 0.25) is 5.91 Å². The highest BCUT2D eigenvalue weighted by atomic mass is 16.5. The molecule has 1 rings (SSSR count). The molecule has 1 aliphatic heterocycles. The highest BCUT2D eigenvalue weighted by molar-refractivity contribution is 5.78. The van der Waals surface area contributed by atoms with Crippen LogP contribution in [0.2, 0.25) is 0 Å². The molecule has 0 aromatic rings. The molecule has 4 nitrogen and oxygen atoms in total. The maximum atomic E-state index is 11.5. The fraction of sp³-hybridized carbons (Fsp3) is 0.909. The largest absolute Gasteiger partial charge is 0.381 e. The minimum atomic E-state index is -0.106. The fourth-order valence-corrected chi connectivity index (χ4v) is 1.63. The predicted octanol–water partition coefficient (Wildman–Crippen LogP) is 1.10. The molecule has 88 valence electrons. The predicted molar refractivity (Wildman–Crippen MR) is 57.7 cm³/mol. The van der Waals surface area contributed by atoms with Crippen LogP contribution in [0, 0.1) is 0 Å². The summed E-state index contributed by atoms with van der Waals surface area (Å²) in [7, 11) is 0. The van der Waals surface area contributed by atoms with Gasteiger partial charge in [-0.05, 0) is 26.2 Å². The summed E-state index contributed by atoms with van der Waals surface area (Å²) in [4.78, 5) is 11.5. The van der Waals surface area contributed by atoms with Crippen molar-refractivity contribution in [3.05, 3.63) is 0 Å². The quantitative estimate of drug-likeness (QED) is 0.699. The van der Waals surface area contributed by atoms with Gasteiger partial charge >= 0.3 is 0 Å². The molecule has 1 N–H and O–H groups in total. The van der Waals surface area contributed by atoms with Gasteiger partial charge in [-0.3, -0.25) is 4.79 Å². The van der Waals surface area contributed by atoms with Gasteiger partial charge in [0.25, 0.3) is 0 Å². The molecule has 0 bridgehead atoms. The third-order valence-electron chi connectivity index (χ3n) is 2.62. The van der Waals surface area contributed by atoms with E-state index in [-0.39, 0.29) is 18.1 Å². The average Bonchev–Trinajstić information content (AvgIpc) is 2.18. The van der Waals surface area contributed by atoms with Crippen molar-refractivity contribution < 1.29 is 14.3 Å².